The van der Waals surface area contributed by atoms with Gasteiger partial charge >= 0.3 is 6.09 Å². The first-order chi connectivity index (χ1) is 19.3. The molecule has 0 spiro atoms. The highest BCUT2D eigenvalue weighted by molar-refractivity contribution is 6.04. The number of rotatable bonds is 5. The molecule has 0 aliphatic carbocycles. The van der Waals surface area contributed by atoms with Gasteiger partial charge in [-0.05, 0) is 44.1 Å². The molecule has 41 heavy (non-hydrogen) atoms. The molecule has 1 heterocycles. The van der Waals surface area contributed by atoms with Crippen LogP contribution in [0.3, 0.4) is 0 Å². The molecule has 0 radical (unpaired) electrons. The zero-order valence-electron chi connectivity index (χ0n) is 24.8. The van der Waals surface area contributed by atoms with E-state index in [4.69, 9.17) is 15.2 Å². The lowest BCUT2D eigenvalue weighted by atomic mass is 9.83. The Balaban J connectivity index is 2.63. The van der Waals surface area contributed by atoms with Crippen LogP contribution in [0, 0.1) is 17.8 Å². The van der Waals surface area contributed by atoms with Crippen LogP contribution in [-0.4, -0.2) is 59.3 Å². The van der Waals surface area contributed by atoms with E-state index >= 15 is 0 Å². The number of aliphatic hydroxyl groups excluding tert-OH is 1. The molecule has 7 N–H and O–H groups in total. The summed E-state index contributed by atoms with van der Waals surface area (Å²) in [7, 11) is 1.46. The van der Waals surface area contributed by atoms with E-state index in [2.05, 4.69) is 17.2 Å². The minimum Gasteiger partial charge on any atom is -0.506 e. The van der Waals surface area contributed by atoms with Crippen molar-refractivity contribution in [1.29, 1.82) is 0 Å². The third-order valence-corrected chi connectivity index (χ3v) is 7.29. The number of phenolic OH excluding ortho intramolecular Hbond substituents is 2. The summed E-state index contributed by atoms with van der Waals surface area (Å²) in [5, 5.41) is 39.0. The van der Waals surface area contributed by atoms with Crippen LogP contribution in [0.15, 0.2) is 54.2 Å². The molecule has 0 saturated carbocycles. The number of carbonyl (C=O) groups excluding carboxylic acids is 2. The van der Waals surface area contributed by atoms with Gasteiger partial charge in [0.15, 0.2) is 6.10 Å². The van der Waals surface area contributed by atoms with Crippen LogP contribution in [0.2, 0.25) is 0 Å². The van der Waals surface area contributed by atoms with E-state index in [0.717, 1.165) is 0 Å². The Labute approximate surface area is 242 Å². The quantitative estimate of drug-likeness (QED) is 0.167. The molecule has 2 rings (SSSR count). The highest BCUT2D eigenvalue weighted by atomic mass is 16.6. The number of benzene rings is 1. The molecule has 10 heteroatoms. The molecule has 10 nitrogen and oxygen atoms in total. The number of amides is 2. The number of nitrogens with one attached hydrogen (secondary N) is 2. The fourth-order valence-corrected chi connectivity index (χ4v) is 5.16. The fourth-order valence-electron chi connectivity index (χ4n) is 5.16. The normalized spacial score (nSPS) is 29.7. The van der Waals surface area contributed by atoms with Crippen molar-refractivity contribution in [3.63, 3.8) is 0 Å². The Hall–Kier alpha value is -3.76. The number of aliphatic hydroxyl groups is 1. The topological polar surface area (TPSA) is 163 Å². The molecular formula is C31H45N3O7. The summed E-state index contributed by atoms with van der Waals surface area (Å²) in [5.41, 5.74) is 7.19. The Morgan fingerprint density at radius 3 is 2.56 bits per heavy atom. The lowest BCUT2D eigenvalue weighted by Crippen LogP contribution is -2.35. The van der Waals surface area contributed by atoms with Crippen LogP contribution >= 0.6 is 0 Å². The van der Waals surface area contributed by atoms with Gasteiger partial charge in [0.2, 0.25) is 0 Å². The predicted molar refractivity (Wildman–Crippen MR) is 161 cm³/mol. The van der Waals surface area contributed by atoms with Crippen molar-refractivity contribution in [2.45, 2.75) is 65.8 Å². The molecule has 1 aliphatic heterocycles. The van der Waals surface area contributed by atoms with Crippen LogP contribution in [0.25, 0.3) is 0 Å². The van der Waals surface area contributed by atoms with E-state index in [0.29, 0.717) is 41.8 Å². The summed E-state index contributed by atoms with van der Waals surface area (Å²) < 4.78 is 10.9. The minimum atomic E-state index is -0.968. The van der Waals surface area contributed by atoms with Gasteiger partial charge in [0.1, 0.15) is 17.6 Å². The number of primary amides is 1. The van der Waals surface area contributed by atoms with Gasteiger partial charge in [-0.2, -0.15) is 0 Å². The number of ether oxygens (including phenoxy) is 2. The van der Waals surface area contributed by atoms with Crippen LogP contribution in [-0.2, 0) is 20.7 Å². The summed E-state index contributed by atoms with van der Waals surface area (Å²) in [5.74, 6) is -1.23. The van der Waals surface area contributed by atoms with Crippen molar-refractivity contribution in [2.75, 3.05) is 24.3 Å². The number of allylic oxidation sites excluding steroid dienone is 2. The van der Waals surface area contributed by atoms with Crippen molar-refractivity contribution in [2.24, 2.45) is 23.5 Å². The van der Waals surface area contributed by atoms with E-state index < -0.39 is 30.3 Å². The van der Waals surface area contributed by atoms with Crippen molar-refractivity contribution >= 4 is 23.4 Å². The second-order valence-corrected chi connectivity index (χ2v) is 10.8. The Bertz CT molecular complexity index is 1190. The summed E-state index contributed by atoms with van der Waals surface area (Å²) >= 11 is 0. The third kappa shape index (κ3) is 9.12. The zero-order chi connectivity index (χ0) is 30.9. The molecule has 1 aromatic rings. The number of nitrogens with two attached hydrogens (primary N) is 1. The van der Waals surface area contributed by atoms with Crippen LogP contribution in [0.5, 0.6) is 11.5 Å². The number of hydrogen-bond acceptors (Lipinski definition) is 8. The summed E-state index contributed by atoms with van der Waals surface area (Å²) in [6.45, 7) is 13.3. The van der Waals surface area contributed by atoms with Gasteiger partial charge in [-0.1, -0.05) is 51.2 Å². The minimum absolute atomic E-state index is 0.0193. The molecule has 0 fully saturated rings. The Kier molecular flexibility index (Phi) is 12.5. The van der Waals surface area contributed by atoms with Gasteiger partial charge in [-0.15, -0.1) is 6.58 Å². The van der Waals surface area contributed by atoms with Gasteiger partial charge in [-0.25, -0.2) is 4.79 Å². The lowest BCUT2D eigenvalue weighted by molar-refractivity contribution is -0.112. The first kappa shape index (κ1) is 33.4. The maximum absolute atomic E-state index is 13.0. The van der Waals surface area contributed by atoms with Gasteiger partial charge < -0.3 is 41.2 Å². The van der Waals surface area contributed by atoms with Crippen LogP contribution in [0.4, 0.5) is 16.2 Å². The maximum Gasteiger partial charge on any atom is 0.405 e. The van der Waals surface area contributed by atoms with E-state index in [1.54, 1.807) is 38.2 Å². The van der Waals surface area contributed by atoms with Crippen LogP contribution in [0.1, 0.15) is 46.6 Å². The van der Waals surface area contributed by atoms with Gasteiger partial charge in [0.25, 0.3) is 5.91 Å². The highest BCUT2D eigenvalue weighted by Crippen LogP contribution is 2.42. The third-order valence-electron chi connectivity index (χ3n) is 7.29. The Morgan fingerprint density at radius 1 is 1.27 bits per heavy atom. The average Bonchev–Trinajstić information content (AvgIpc) is 2.90. The smallest absolute Gasteiger partial charge is 0.405 e. The number of phenols is 2. The molecule has 0 aromatic heterocycles. The zero-order valence-corrected chi connectivity index (χ0v) is 24.8. The maximum atomic E-state index is 13.0. The van der Waals surface area contributed by atoms with E-state index in [-0.39, 0.29) is 34.9 Å². The number of hydrogen-bond donors (Lipinski definition) is 6. The number of fused-ring (bicyclic) bond motifs is 2. The molecule has 0 saturated heterocycles. The van der Waals surface area contributed by atoms with Crippen molar-refractivity contribution < 1.29 is 34.4 Å². The lowest BCUT2D eigenvalue weighted by Gasteiger charge is -2.28. The first-order valence-electron chi connectivity index (χ1n) is 13.7. The highest BCUT2D eigenvalue weighted by Gasteiger charge is 2.28. The molecule has 2 amide bonds. The van der Waals surface area contributed by atoms with E-state index in [9.17, 15) is 24.9 Å². The molecule has 3 unspecified atom stereocenters. The van der Waals surface area contributed by atoms with E-state index in [1.807, 2.05) is 26.8 Å². The molecule has 226 valence electrons. The molecule has 2 bridgehead atoms. The number of carbonyl (C=O) groups is 2. The predicted octanol–water partition coefficient (Wildman–Crippen LogP) is 4.78. The largest absolute Gasteiger partial charge is 0.506 e. The SMILES string of the molecule is C=CCNc1c(O)cc2c(O)c1C[C@@H](C)C[C@H](C)C(O)[C@@H](C)/C=C(\C)C(OC(N)=O)C(OC)/C=C\C=C(/C)C(=O)N2. The standard InChI is InChI=1S/C31H45N3O7/c1-8-12-33-26-22-14-17(2)13-19(4)27(36)20(5)15-21(6)29(41-31(32)39)25(40-7)11-9-10-18(3)30(38)34-23(28(22)37)16-24(26)35/h8-11,15-17,19-20,25,27,29,33,35-37H,1,12-14H2,2-7H3,(H2,32,39)(H,34,38)/b11-9-,18-10+,21-15+/t17-,19-,20-,25?,27?,29?/m0/s1. The summed E-state index contributed by atoms with van der Waals surface area (Å²) in [4.78, 5) is 24.7. The Morgan fingerprint density at radius 2 is 1.95 bits per heavy atom. The second kappa shape index (κ2) is 15.3. The molecular weight excluding hydrogens is 526 g/mol. The number of aromatic hydroxyl groups is 2. The monoisotopic (exact) mass is 571 g/mol. The van der Waals surface area contributed by atoms with Crippen molar-refractivity contribution in [1.82, 2.24) is 0 Å². The number of methoxy groups -OCH3 is 1. The van der Waals surface area contributed by atoms with E-state index in [1.165, 1.54) is 13.2 Å². The first-order valence-corrected chi connectivity index (χ1v) is 13.7. The van der Waals surface area contributed by atoms with Crippen molar-refractivity contribution in [3.05, 3.63) is 59.7 Å². The van der Waals surface area contributed by atoms with Crippen molar-refractivity contribution in [3.8, 4) is 11.5 Å². The number of anilines is 2. The summed E-state index contributed by atoms with van der Waals surface area (Å²) in [6.07, 6.45) is 5.93. The van der Waals surface area contributed by atoms with Crippen LogP contribution < -0.4 is 16.4 Å². The molecule has 1 aromatic carbocycles. The average molecular weight is 572 g/mol. The van der Waals surface area contributed by atoms with Gasteiger partial charge in [-0.3, -0.25) is 4.79 Å². The second-order valence-electron chi connectivity index (χ2n) is 10.8. The fraction of sp³-hybridized carbons (Fsp3) is 0.484. The van der Waals surface area contributed by atoms with Gasteiger partial charge in [0.05, 0.1) is 17.5 Å². The molecule has 6 atom stereocenters. The van der Waals surface area contributed by atoms with Gasteiger partial charge in [0, 0.05) is 36.8 Å². The molecule has 1 aliphatic rings. The summed E-state index contributed by atoms with van der Waals surface area (Å²) in [6, 6.07) is 1.30.